The molecule has 1 unspecified atom stereocenters. The minimum Gasteiger partial charge on any atom is -0.342 e. The van der Waals surface area contributed by atoms with E-state index in [1.807, 2.05) is 36.1 Å². The number of piperidine rings is 1. The van der Waals surface area contributed by atoms with Crippen molar-refractivity contribution in [1.82, 2.24) is 15.1 Å². The number of amides is 1. The Labute approximate surface area is 207 Å². The van der Waals surface area contributed by atoms with Gasteiger partial charge in [-0.3, -0.25) is 4.79 Å². The van der Waals surface area contributed by atoms with Gasteiger partial charge in [0.25, 0.3) is 0 Å². The van der Waals surface area contributed by atoms with Crippen LogP contribution in [-0.4, -0.2) is 61.5 Å². The van der Waals surface area contributed by atoms with Crippen LogP contribution < -0.4 is 5.32 Å². The molecule has 0 bridgehead atoms. The number of halogens is 2. The van der Waals surface area contributed by atoms with Gasteiger partial charge in [-0.2, -0.15) is 0 Å². The first kappa shape index (κ1) is 24.1. The maximum absolute atomic E-state index is 15.2. The summed E-state index contributed by atoms with van der Waals surface area (Å²) in [5.74, 6) is -0.224. The maximum Gasteiger partial charge on any atom is 0.223 e. The number of hydrogen-bond acceptors (Lipinski definition) is 3. The van der Waals surface area contributed by atoms with E-state index in [1.165, 1.54) is 11.6 Å². The average molecular weight is 480 g/mol. The summed E-state index contributed by atoms with van der Waals surface area (Å²) in [6.07, 6.45) is 2.48. The van der Waals surface area contributed by atoms with Crippen LogP contribution in [0.4, 0.5) is 8.78 Å². The number of rotatable bonds is 4. The number of aryl methyl sites for hydroxylation is 1. The van der Waals surface area contributed by atoms with E-state index >= 15 is 8.78 Å². The molecule has 3 aliphatic rings. The Morgan fingerprint density at radius 3 is 2.46 bits per heavy atom. The predicted molar refractivity (Wildman–Crippen MR) is 135 cm³/mol. The quantitative estimate of drug-likeness (QED) is 0.704. The second kappa shape index (κ2) is 9.82. The molecule has 186 valence electrons. The van der Waals surface area contributed by atoms with Crippen molar-refractivity contribution in [2.24, 2.45) is 0 Å². The van der Waals surface area contributed by atoms with Crippen molar-refractivity contribution in [3.8, 4) is 0 Å². The van der Waals surface area contributed by atoms with Gasteiger partial charge in [0.05, 0.1) is 0 Å². The standard InChI is InChI=1S/C29H35F2N3O/c1-20-7-8-22-23(28(20)31)19-29(2,24-5-3-4-6-25(24)30)27(22)21-9-15-34(16-10-21)26(35)11-14-33-17-12-32-13-18-33/h3-8,32H,9-19H2,1-2H3. The van der Waals surface area contributed by atoms with E-state index in [-0.39, 0.29) is 17.5 Å². The van der Waals surface area contributed by atoms with Gasteiger partial charge < -0.3 is 15.1 Å². The molecular formula is C29H35F2N3O. The topological polar surface area (TPSA) is 35.6 Å². The van der Waals surface area contributed by atoms with Gasteiger partial charge in [0, 0.05) is 57.6 Å². The van der Waals surface area contributed by atoms with Gasteiger partial charge in [-0.25, -0.2) is 8.78 Å². The molecule has 1 atom stereocenters. The maximum atomic E-state index is 15.2. The lowest BCUT2D eigenvalue weighted by molar-refractivity contribution is -0.132. The first-order valence-electron chi connectivity index (χ1n) is 12.8. The molecule has 6 heteroatoms. The third kappa shape index (κ3) is 4.54. The Morgan fingerprint density at radius 2 is 1.74 bits per heavy atom. The van der Waals surface area contributed by atoms with E-state index in [1.54, 1.807) is 13.0 Å². The highest BCUT2D eigenvalue weighted by Gasteiger charge is 2.44. The SMILES string of the molecule is Cc1ccc2c(c1F)CC(C)(c1ccccc1F)C2=C1CCN(C(=O)CCN2CCNCC2)CC1. The van der Waals surface area contributed by atoms with Crippen LogP contribution >= 0.6 is 0 Å². The fraction of sp³-hybridized carbons (Fsp3) is 0.483. The number of fused-ring (bicyclic) bond motifs is 1. The van der Waals surface area contributed by atoms with Gasteiger partial charge in [0.1, 0.15) is 11.6 Å². The van der Waals surface area contributed by atoms with E-state index in [0.29, 0.717) is 42.6 Å². The lowest BCUT2D eigenvalue weighted by Crippen LogP contribution is -2.45. The molecule has 4 nitrogen and oxygen atoms in total. The zero-order valence-electron chi connectivity index (χ0n) is 20.8. The summed E-state index contributed by atoms with van der Waals surface area (Å²) in [7, 11) is 0. The van der Waals surface area contributed by atoms with Crippen LogP contribution in [0.25, 0.3) is 5.57 Å². The van der Waals surface area contributed by atoms with E-state index in [9.17, 15) is 4.79 Å². The van der Waals surface area contributed by atoms with Gasteiger partial charge in [0.2, 0.25) is 5.91 Å². The van der Waals surface area contributed by atoms with Crippen LogP contribution in [0, 0.1) is 18.6 Å². The fourth-order valence-corrected chi connectivity index (χ4v) is 6.23. The minimum absolute atomic E-state index is 0.179. The third-order valence-electron chi connectivity index (χ3n) is 8.18. The lowest BCUT2D eigenvalue weighted by Gasteiger charge is -2.35. The molecule has 1 amide bonds. The lowest BCUT2D eigenvalue weighted by atomic mass is 9.73. The first-order chi connectivity index (χ1) is 16.9. The largest absolute Gasteiger partial charge is 0.342 e. The molecule has 35 heavy (non-hydrogen) atoms. The van der Waals surface area contributed by atoms with Crippen molar-refractivity contribution >= 4 is 11.5 Å². The minimum atomic E-state index is -0.633. The highest BCUT2D eigenvalue weighted by molar-refractivity contribution is 5.85. The van der Waals surface area contributed by atoms with Crippen LogP contribution in [-0.2, 0) is 16.6 Å². The molecule has 0 radical (unpaired) electrons. The molecule has 0 aromatic heterocycles. The molecule has 2 aromatic rings. The fourth-order valence-electron chi connectivity index (χ4n) is 6.23. The molecule has 1 N–H and O–H groups in total. The molecule has 5 rings (SSSR count). The van der Waals surface area contributed by atoms with E-state index < -0.39 is 5.41 Å². The number of hydrogen-bond donors (Lipinski definition) is 1. The van der Waals surface area contributed by atoms with Gasteiger partial charge >= 0.3 is 0 Å². The van der Waals surface area contributed by atoms with Crippen molar-refractivity contribution in [2.75, 3.05) is 45.8 Å². The predicted octanol–water partition coefficient (Wildman–Crippen LogP) is 4.46. The molecular weight excluding hydrogens is 444 g/mol. The van der Waals surface area contributed by atoms with Crippen molar-refractivity contribution in [1.29, 1.82) is 0 Å². The number of nitrogens with one attached hydrogen (secondary N) is 1. The number of carbonyl (C=O) groups excluding carboxylic acids is 1. The number of likely N-dealkylation sites (tertiary alicyclic amines) is 1. The summed E-state index contributed by atoms with van der Waals surface area (Å²) in [4.78, 5) is 17.2. The number of piperazine rings is 1. The Morgan fingerprint density at radius 1 is 1.03 bits per heavy atom. The molecule has 0 spiro atoms. The van der Waals surface area contributed by atoms with Gasteiger partial charge in [-0.1, -0.05) is 42.8 Å². The van der Waals surface area contributed by atoms with Gasteiger partial charge in [-0.05, 0) is 60.1 Å². The molecule has 2 heterocycles. The second-order valence-electron chi connectivity index (χ2n) is 10.4. The molecule has 2 aliphatic heterocycles. The summed E-state index contributed by atoms with van der Waals surface area (Å²) in [6.45, 7) is 9.92. The van der Waals surface area contributed by atoms with Crippen LogP contribution in [0.5, 0.6) is 0 Å². The van der Waals surface area contributed by atoms with Crippen LogP contribution in [0.1, 0.15) is 48.4 Å². The number of allylic oxidation sites excluding steroid dienone is 1. The number of benzene rings is 2. The van der Waals surface area contributed by atoms with Crippen molar-refractivity contribution < 1.29 is 13.6 Å². The summed E-state index contributed by atoms with van der Waals surface area (Å²) in [5.41, 5.74) is 4.49. The van der Waals surface area contributed by atoms with E-state index in [2.05, 4.69) is 10.2 Å². The van der Waals surface area contributed by atoms with E-state index in [4.69, 9.17) is 0 Å². The van der Waals surface area contributed by atoms with Crippen molar-refractivity contribution in [2.45, 2.75) is 44.9 Å². The number of nitrogens with zero attached hydrogens (tertiary/aromatic N) is 2. The third-order valence-corrected chi connectivity index (χ3v) is 8.18. The zero-order chi connectivity index (χ0) is 24.6. The Hall–Kier alpha value is -2.57. The Bertz CT molecular complexity index is 1140. The Kier molecular flexibility index (Phi) is 6.78. The van der Waals surface area contributed by atoms with Crippen LogP contribution in [0.15, 0.2) is 42.0 Å². The highest BCUT2D eigenvalue weighted by Crippen LogP contribution is 2.52. The van der Waals surface area contributed by atoms with E-state index in [0.717, 1.165) is 56.7 Å². The summed E-state index contributed by atoms with van der Waals surface area (Å²) >= 11 is 0. The molecule has 1 aliphatic carbocycles. The summed E-state index contributed by atoms with van der Waals surface area (Å²) in [6, 6.07) is 10.7. The second-order valence-corrected chi connectivity index (χ2v) is 10.4. The Balaban J connectivity index is 1.40. The monoisotopic (exact) mass is 479 g/mol. The summed E-state index contributed by atoms with van der Waals surface area (Å²) < 4.78 is 30.3. The smallest absolute Gasteiger partial charge is 0.223 e. The molecule has 2 fully saturated rings. The van der Waals surface area contributed by atoms with Crippen LogP contribution in [0.2, 0.25) is 0 Å². The average Bonchev–Trinajstić information content (AvgIpc) is 3.19. The van der Waals surface area contributed by atoms with Gasteiger partial charge in [0.15, 0.2) is 0 Å². The summed E-state index contributed by atoms with van der Waals surface area (Å²) in [5, 5.41) is 3.34. The molecule has 2 aromatic carbocycles. The van der Waals surface area contributed by atoms with Gasteiger partial charge in [-0.15, -0.1) is 0 Å². The number of carbonyl (C=O) groups is 1. The normalized spacial score (nSPS) is 23.0. The van der Waals surface area contributed by atoms with Crippen molar-refractivity contribution in [3.63, 3.8) is 0 Å². The first-order valence-corrected chi connectivity index (χ1v) is 12.8. The highest BCUT2D eigenvalue weighted by atomic mass is 19.1. The van der Waals surface area contributed by atoms with Crippen molar-refractivity contribution in [3.05, 3.63) is 75.9 Å². The van der Waals surface area contributed by atoms with Crippen LogP contribution in [0.3, 0.4) is 0 Å². The zero-order valence-corrected chi connectivity index (χ0v) is 20.8. The molecule has 2 saturated heterocycles. The molecule has 0 saturated carbocycles.